The molecule has 2 aliphatic rings. The zero-order valence-corrected chi connectivity index (χ0v) is 34.2. The van der Waals surface area contributed by atoms with E-state index in [1.54, 1.807) is 30.3 Å². The van der Waals surface area contributed by atoms with Gasteiger partial charge in [0.2, 0.25) is 0 Å². The molecular weight excluding hydrogens is 784 g/mol. The van der Waals surface area contributed by atoms with E-state index in [4.69, 9.17) is 30.5 Å². The van der Waals surface area contributed by atoms with Crippen molar-refractivity contribution in [2.24, 2.45) is 0 Å². The monoisotopic (exact) mass is 828 g/mol. The topological polar surface area (TPSA) is 143 Å². The number of fused-ring (bicyclic) bond motifs is 2. The Morgan fingerprint density at radius 1 is 0.583 bits per heavy atom. The molecule has 0 bridgehead atoms. The molecule has 6 aromatic carbocycles. The van der Waals surface area contributed by atoms with Crippen molar-refractivity contribution in [1.29, 1.82) is 0 Å². The van der Waals surface area contributed by atoms with E-state index in [1.165, 1.54) is 0 Å². The van der Waals surface area contributed by atoms with Gasteiger partial charge in [0, 0.05) is 45.5 Å². The molecule has 308 valence electrons. The number of hydrogen-bond acceptors (Lipinski definition) is 9. The molecule has 0 heterocycles. The first-order chi connectivity index (χ1) is 29.1. The third-order valence-electron chi connectivity index (χ3n) is 10.7. The molecule has 0 fully saturated rings. The first kappa shape index (κ1) is 41.7. The number of alkyl halides is 1. The summed E-state index contributed by atoms with van der Waals surface area (Å²) in [6.45, 7) is 4.35. The number of rotatable bonds is 14. The van der Waals surface area contributed by atoms with Crippen molar-refractivity contribution < 1.29 is 33.9 Å². The maximum atomic E-state index is 11.4. The summed E-state index contributed by atoms with van der Waals surface area (Å²) in [4.78, 5) is 22.2. The van der Waals surface area contributed by atoms with Crippen molar-refractivity contribution in [3.63, 3.8) is 0 Å². The lowest BCUT2D eigenvalue weighted by atomic mass is 10.0. The number of benzene rings is 6. The average molecular weight is 829 g/mol. The van der Waals surface area contributed by atoms with Crippen molar-refractivity contribution in [3.8, 4) is 34.5 Å². The second-order valence-electron chi connectivity index (χ2n) is 14.8. The van der Waals surface area contributed by atoms with Crippen molar-refractivity contribution in [1.82, 2.24) is 0 Å². The normalized spacial score (nSPS) is 12.5. The molecule has 60 heavy (non-hydrogen) atoms. The molecule has 0 aromatic heterocycles. The van der Waals surface area contributed by atoms with Crippen LogP contribution in [-0.4, -0.2) is 15.0 Å². The minimum absolute atomic E-state index is 0.174. The van der Waals surface area contributed by atoms with Crippen molar-refractivity contribution in [2.75, 3.05) is 0 Å². The minimum Gasteiger partial charge on any atom is -0.489 e. The van der Waals surface area contributed by atoms with Crippen LogP contribution in [0.3, 0.4) is 0 Å². The summed E-state index contributed by atoms with van der Waals surface area (Å²) >= 11 is 6.16. The number of nitro benzene ring substituents is 2. The number of halogens is 1. The van der Waals surface area contributed by atoms with Crippen LogP contribution in [0.15, 0.2) is 109 Å². The number of ether oxygens (including phenoxy) is 4. The van der Waals surface area contributed by atoms with Gasteiger partial charge in [-0.05, 0) is 111 Å². The summed E-state index contributed by atoms with van der Waals surface area (Å²) in [6, 6.07) is 33.9. The largest absolute Gasteiger partial charge is 0.489 e. The number of aryl methyl sites for hydroxylation is 2. The zero-order chi connectivity index (χ0) is 42.2. The Labute approximate surface area is 353 Å². The maximum absolute atomic E-state index is 11.4. The van der Waals surface area contributed by atoms with E-state index in [0.29, 0.717) is 72.0 Å². The zero-order valence-electron chi connectivity index (χ0n) is 33.4. The Balaban J connectivity index is 0.000000181. The first-order valence-corrected chi connectivity index (χ1v) is 20.4. The second kappa shape index (κ2) is 19.1. The number of nitro groups is 2. The molecule has 1 N–H and O–H groups in total. The number of aliphatic hydroxyl groups is 1. The Morgan fingerprint density at radius 2 is 1.00 bits per heavy atom. The van der Waals surface area contributed by atoms with Gasteiger partial charge in [-0.3, -0.25) is 20.2 Å². The minimum atomic E-state index is -0.316. The van der Waals surface area contributed by atoms with Crippen molar-refractivity contribution >= 4 is 23.0 Å². The third-order valence-corrected chi connectivity index (χ3v) is 11.0. The van der Waals surface area contributed by atoms with Crippen LogP contribution in [0.4, 0.5) is 11.4 Å². The fourth-order valence-electron chi connectivity index (χ4n) is 7.81. The third kappa shape index (κ3) is 9.54. The lowest BCUT2D eigenvalue weighted by Gasteiger charge is -2.16. The lowest BCUT2D eigenvalue weighted by Crippen LogP contribution is -2.01. The van der Waals surface area contributed by atoms with Gasteiger partial charge in [-0.1, -0.05) is 60.7 Å². The molecule has 11 nitrogen and oxygen atoms in total. The van der Waals surface area contributed by atoms with Gasteiger partial charge in [0.15, 0.2) is 0 Å². The highest BCUT2D eigenvalue weighted by atomic mass is 35.5. The van der Waals surface area contributed by atoms with Crippen LogP contribution in [0.5, 0.6) is 34.5 Å². The second-order valence-corrected chi connectivity index (χ2v) is 15.1. The van der Waals surface area contributed by atoms with Crippen LogP contribution < -0.4 is 18.9 Å². The van der Waals surface area contributed by atoms with Gasteiger partial charge in [-0.25, -0.2) is 0 Å². The van der Waals surface area contributed by atoms with Gasteiger partial charge in [-0.15, -0.1) is 11.6 Å². The molecule has 12 heteroatoms. The molecule has 0 aliphatic heterocycles. The maximum Gasteiger partial charge on any atom is 0.273 e. The summed E-state index contributed by atoms with van der Waals surface area (Å²) in [5.41, 5.74) is 8.86. The number of hydrogen-bond donors (Lipinski definition) is 1. The van der Waals surface area contributed by atoms with E-state index in [0.717, 1.165) is 75.8 Å². The summed E-state index contributed by atoms with van der Waals surface area (Å²) in [6.07, 6.45) is 4.73. The molecule has 0 atom stereocenters. The molecule has 8 rings (SSSR count). The van der Waals surface area contributed by atoms with Gasteiger partial charge in [0.25, 0.3) is 11.4 Å². The number of aliphatic hydroxyl groups excluding tert-OH is 1. The Bertz CT molecular complexity index is 2340. The summed E-state index contributed by atoms with van der Waals surface area (Å²) < 4.78 is 24.2. The summed E-state index contributed by atoms with van der Waals surface area (Å²) in [5, 5.41) is 32.6. The fourth-order valence-corrected chi connectivity index (χ4v) is 8.02. The van der Waals surface area contributed by atoms with Gasteiger partial charge in [0.1, 0.15) is 47.7 Å². The van der Waals surface area contributed by atoms with Crippen molar-refractivity contribution in [3.05, 3.63) is 185 Å². The molecule has 0 radical (unpaired) electrons. The summed E-state index contributed by atoms with van der Waals surface area (Å²) in [5.74, 6) is 4.20. The van der Waals surface area contributed by atoms with Gasteiger partial charge in [0.05, 0.1) is 22.3 Å². The molecule has 0 amide bonds. The molecular formula is C48H45ClN2O9. The highest BCUT2D eigenvalue weighted by Gasteiger charge is 2.29. The Hall–Kier alpha value is -6.43. The van der Waals surface area contributed by atoms with Crippen molar-refractivity contribution in [2.45, 2.75) is 78.1 Å². The molecule has 6 aromatic rings. The van der Waals surface area contributed by atoms with E-state index >= 15 is 0 Å². The first-order valence-electron chi connectivity index (χ1n) is 19.8. The molecule has 2 aliphatic carbocycles. The molecule has 0 saturated heterocycles. The van der Waals surface area contributed by atoms with E-state index in [-0.39, 0.29) is 27.8 Å². The Kier molecular flexibility index (Phi) is 13.3. The van der Waals surface area contributed by atoms with E-state index < -0.39 is 0 Å². The fraction of sp³-hybridized carbons (Fsp3) is 0.250. The van der Waals surface area contributed by atoms with Crippen LogP contribution in [0.1, 0.15) is 68.5 Å². The average Bonchev–Trinajstić information content (AvgIpc) is 3.96. The molecule has 0 unspecified atom stereocenters. The highest BCUT2D eigenvalue weighted by molar-refractivity contribution is 6.17. The van der Waals surface area contributed by atoms with Crippen LogP contribution in [-0.2, 0) is 51.4 Å². The SMILES string of the molecule is Cc1cc([N+](=O)[O-])c2c(c1Oc1ccc(OCc3ccccc3)c(CCl)c1)CCC2.Cc1cc([N+](=O)[O-])c2c(c1Oc1ccc(OCc3ccccc3)c(CO)c1)CCC2. The van der Waals surface area contributed by atoms with Gasteiger partial charge in [-0.2, -0.15) is 0 Å². The van der Waals surface area contributed by atoms with E-state index in [2.05, 4.69) is 0 Å². The Morgan fingerprint density at radius 3 is 1.42 bits per heavy atom. The standard InChI is InChI=1S/C24H22ClNO4.C24H23NO5/c1-16-12-22(26(27)28)20-8-5-9-21(20)24(16)30-19-10-11-23(18(13-19)14-25)29-15-17-6-3-2-4-7-17;1-16-12-22(25(27)28)20-8-5-9-21(20)24(16)30-19-10-11-23(18(13-19)14-26)29-15-17-6-3-2-4-7-17/h2-4,6-7,10-13H,5,8-9,14-15H2,1H3;2-4,6-7,10-13,26H,5,8-9,14-15H2,1H3. The van der Waals surface area contributed by atoms with Crippen LogP contribution in [0, 0.1) is 34.1 Å². The van der Waals surface area contributed by atoms with Crippen LogP contribution in [0.2, 0.25) is 0 Å². The smallest absolute Gasteiger partial charge is 0.273 e. The van der Waals surface area contributed by atoms with Crippen LogP contribution in [0.25, 0.3) is 0 Å². The van der Waals surface area contributed by atoms with Gasteiger partial charge >= 0.3 is 0 Å². The lowest BCUT2D eigenvalue weighted by molar-refractivity contribution is -0.385. The highest BCUT2D eigenvalue weighted by Crippen LogP contribution is 2.43. The molecule has 0 spiro atoms. The van der Waals surface area contributed by atoms with Crippen LogP contribution >= 0.6 is 11.6 Å². The van der Waals surface area contributed by atoms with Gasteiger partial charge < -0.3 is 24.1 Å². The number of nitrogens with zero attached hydrogens (tertiary/aromatic N) is 2. The predicted octanol–water partition coefficient (Wildman–Crippen LogP) is 11.8. The van der Waals surface area contributed by atoms with E-state index in [9.17, 15) is 25.3 Å². The molecule has 0 saturated carbocycles. The van der Waals surface area contributed by atoms with E-state index in [1.807, 2.05) is 92.7 Å². The summed E-state index contributed by atoms with van der Waals surface area (Å²) in [7, 11) is 0. The predicted molar refractivity (Wildman–Crippen MR) is 230 cm³/mol. The quantitative estimate of drug-likeness (QED) is 0.0644.